The maximum absolute atomic E-state index is 12.3. The highest BCUT2D eigenvalue weighted by molar-refractivity contribution is 8.02. The summed E-state index contributed by atoms with van der Waals surface area (Å²) in [7, 11) is 0. The lowest BCUT2D eigenvalue weighted by Gasteiger charge is -2.08. The Morgan fingerprint density at radius 1 is 1.05 bits per heavy atom. The lowest BCUT2D eigenvalue weighted by molar-refractivity contribution is -0.112. The summed E-state index contributed by atoms with van der Waals surface area (Å²) in [4.78, 5) is 13.3. The first kappa shape index (κ1) is 13.3. The van der Waals surface area contributed by atoms with Gasteiger partial charge in [-0.15, -0.1) is 0 Å². The summed E-state index contributed by atoms with van der Waals surface area (Å²) in [6, 6.07) is 15.4. The Labute approximate surface area is 126 Å². The number of para-hydroxylation sites is 1. The van der Waals surface area contributed by atoms with E-state index in [0.717, 1.165) is 21.7 Å². The molecule has 0 radical (unpaired) electrons. The second kappa shape index (κ2) is 5.73. The summed E-state index contributed by atoms with van der Waals surface area (Å²) in [6.45, 7) is 0. The van der Waals surface area contributed by atoms with Crippen LogP contribution in [0.1, 0.15) is 5.56 Å². The monoisotopic (exact) mass is 301 g/mol. The molecule has 2 nitrogen and oxygen atoms in total. The van der Waals surface area contributed by atoms with Gasteiger partial charge in [0.05, 0.1) is 5.69 Å². The fourth-order valence-electron chi connectivity index (χ4n) is 2.03. The third kappa shape index (κ3) is 2.74. The predicted molar refractivity (Wildman–Crippen MR) is 84.2 cm³/mol. The third-order valence-corrected chi connectivity index (χ3v) is 4.47. The van der Waals surface area contributed by atoms with Gasteiger partial charge in [0, 0.05) is 21.9 Å². The number of carbonyl (C=O) groups is 1. The van der Waals surface area contributed by atoms with Gasteiger partial charge in [0.15, 0.2) is 0 Å². The predicted octanol–water partition coefficient (Wildman–Crippen LogP) is 4.51. The topological polar surface area (TPSA) is 29.1 Å². The van der Waals surface area contributed by atoms with E-state index in [-0.39, 0.29) is 5.91 Å². The number of rotatable bonds is 2. The average Bonchev–Trinajstić information content (AvgIpc) is 2.61. The maximum atomic E-state index is 12.3. The zero-order valence-electron chi connectivity index (χ0n) is 10.6. The molecular formula is C16H12ClNOS. The fraction of sp³-hybridized carbons (Fsp3) is 0.0625. The third-order valence-electron chi connectivity index (χ3n) is 3.09. The molecule has 2 aromatic rings. The largest absolute Gasteiger partial charge is 0.321 e. The van der Waals surface area contributed by atoms with Crippen molar-refractivity contribution < 1.29 is 4.79 Å². The van der Waals surface area contributed by atoms with Crippen molar-refractivity contribution in [1.29, 1.82) is 0 Å². The van der Waals surface area contributed by atoms with Crippen molar-refractivity contribution in [3.63, 3.8) is 0 Å². The molecule has 2 aromatic carbocycles. The molecule has 0 saturated heterocycles. The molecule has 4 heteroatoms. The Bertz CT molecular complexity index is 696. The van der Waals surface area contributed by atoms with Gasteiger partial charge < -0.3 is 5.32 Å². The van der Waals surface area contributed by atoms with E-state index in [9.17, 15) is 4.79 Å². The van der Waals surface area contributed by atoms with Crippen LogP contribution in [0.3, 0.4) is 0 Å². The SMILES string of the molecule is O=C1Nc2ccccc2SC=C1Cc1ccccc1Cl. The molecule has 1 aliphatic heterocycles. The minimum Gasteiger partial charge on any atom is -0.321 e. The van der Waals surface area contributed by atoms with E-state index < -0.39 is 0 Å². The Balaban J connectivity index is 1.87. The number of anilines is 1. The van der Waals surface area contributed by atoms with Gasteiger partial charge in [-0.05, 0) is 29.2 Å². The molecule has 100 valence electrons. The average molecular weight is 302 g/mol. The fourth-order valence-corrected chi connectivity index (χ4v) is 3.10. The minimum atomic E-state index is -0.0673. The number of fused-ring (bicyclic) bond motifs is 1. The molecule has 20 heavy (non-hydrogen) atoms. The highest BCUT2D eigenvalue weighted by Crippen LogP contribution is 2.33. The highest BCUT2D eigenvalue weighted by Gasteiger charge is 2.17. The number of hydrogen-bond donors (Lipinski definition) is 1. The van der Waals surface area contributed by atoms with Gasteiger partial charge in [0.1, 0.15) is 0 Å². The first-order chi connectivity index (χ1) is 9.74. The second-order valence-corrected chi connectivity index (χ2v) is 5.80. The van der Waals surface area contributed by atoms with Gasteiger partial charge in [-0.25, -0.2) is 0 Å². The van der Waals surface area contributed by atoms with Crippen LogP contribution in [0.2, 0.25) is 5.02 Å². The normalized spacial score (nSPS) is 14.1. The summed E-state index contributed by atoms with van der Waals surface area (Å²) in [5, 5.41) is 5.54. The first-order valence-corrected chi connectivity index (χ1v) is 7.49. The summed E-state index contributed by atoms with van der Waals surface area (Å²) < 4.78 is 0. The first-order valence-electron chi connectivity index (χ1n) is 6.23. The van der Waals surface area contributed by atoms with Crippen LogP contribution in [-0.4, -0.2) is 5.91 Å². The van der Waals surface area contributed by atoms with Crippen LogP contribution >= 0.6 is 23.4 Å². The van der Waals surface area contributed by atoms with Gasteiger partial charge in [0.2, 0.25) is 0 Å². The van der Waals surface area contributed by atoms with Crippen molar-refractivity contribution in [3.8, 4) is 0 Å². The smallest absolute Gasteiger partial charge is 0.252 e. The van der Waals surface area contributed by atoms with Gasteiger partial charge in [0.25, 0.3) is 5.91 Å². The van der Waals surface area contributed by atoms with Crippen molar-refractivity contribution in [2.75, 3.05) is 5.32 Å². The van der Waals surface area contributed by atoms with Crippen LogP contribution in [0.15, 0.2) is 64.4 Å². The molecule has 0 atom stereocenters. The lowest BCUT2D eigenvalue weighted by Crippen LogP contribution is -2.15. The summed E-state index contributed by atoms with van der Waals surface area (Å²) >= 11 is 7.71. The Morgan fingerprint density at radius 2 is 1.80 bits per heavy atom. The van der Waals surface area contributed by atoms with Crippen molar-refractivity contribution in [2.45, 2.75) is 11.3 Å². The zero-order valence-corrected chi connectivity index (χ0v) is 12.2. The quantitative estimate of drug-likeness (QED) is 0.884. The van der Waals surface area contributed by atoms with Crippen molar-refractivity contribution in [1.82, 2.24) is 0 Å². The zero-order chi connectivity index (χ0) is 13.9. The summed E-state index contributed by atoms with van der Waals surface area (Å²) in [5.41, 5.74) is 2.54. The number of amides is 1. The molecule has 1 N–H and O–H groups in total. The molecule has 1 heterocycles. The standard InChI is InChI=1S/C16H12ClNOS/c17-13-6-2-1-5-11(13)9-12-10-20-15-8-4-3-7-14(15)18-16(12)19/h1-8,10H,9H2,(H,18,19). The van der Waals surface area contributed by atoms with Gasteiger partial charge in [-0.1, -0.05) is 53.7 Å². The minimum absolute atomic E-state index is 0.0673. The summed E-state index contributed by atoms with van der Waals surface area (Å²) in [6.07, 6.45) is 0.534. The number of nitrogens with one attached hydrogen (secondary N) is 1. The Hall–Kier alpha value is -1.71. The number of thioether (sulfide) groups is 1. The Kier molecular flexibility index (Phi) is 3.81. The van der Waals surface area contributed by atoms with Gasteiger partial charge in [-0.3, -0.25) is 4.79 Å². The molecule has 0 unspecified atom stereocenters. The van der Waals surface area contributed by atoms with E-state index in [1.54, 1.807) is 11.8 Å². The van der Waals surface area contributed by atoms with E-state index in [1.165, 1.54) is 0 Å². The highest BCUT2D eigenvalue weighted by atomic mass is 35.5. The van der Waals surface area contributed by atoms with E-state index in [1.807, 2.05) is 53.9 Å². The number of benzene rings is 2. The van der Waals surface area contributed by atoms with Crippen LogP contribution < -0.4 is 5.32 Å². The van der Waals surface area contributed by atoms with Crippen LogP contribution in [0.4, 0.5) is 5.69 Å². The molecular weight excluding hydrogens is 290 g/mol. The van der Waals surface area contributed by atoms with Crippen LogP contribution in [-0.2, 0) is 11.2 Å². The van der Waals surface area contributed by atoms with Gasteiger partial charge >= 0.3 is 0 Å². The van der Waals surface area contributed by atoms with Crippen molar-refractivity contribution >= 4 is 35.0 Å². The summed E-state index contributed by atoms with van der Waals surface area (Å²) in [5.74, 6) is -0.0673. The van der Waals surface area contributed by atoms with Crippen LogP contribution in [0.5, 0.6) is 0 Å². The van der Waals surface area contributed by atoms with Crippen molar-refractivity contribution in [3.05, 3.63) is 70.1 Å². The van der Waals surface area contributed by atoms with Crippen LogP contribution in [0, 0.1) is 0 Å². The van der Waals surface area contributed by atoms with E-state index in [4.69, 9.17) is 11.6 Å². The molecule has 0 aromatic heterocycles. The van der Waals surface area contributed by atoms with Crippen LogP contribution in [0.25, 0.3) is 0 Å². The van der Waals surface area contributed by atoms with E-state index >= 15 is 0 Å². The number of hydrogen-bond acceptors (Lipinski definition) is 2. The lowest BCUT2D eigenvalue weighted by atomic mass is 10.1. The number of carbonyl (C=O) groups excluding carboxylic acids is 1. The molecule has 1 amide bonds. The van der Waals surface area contributed by atoms with E-state index in [2.05, 4.69) is 5.32 Å². The Morgan fingerprint density at radius 3 is 2.65 bits per heavy atom. The molecule has 0 aliphatic carbocycles. The number of halogens is 1. The molecule has 3 rings (SSSR count). The maximum Gasteiger partial charge on any atom is 0.252 e. The molecule has 1 aliphatic rings. The second-order valence-electron chi connectivity index (χ2n) is 4.48. The molecule has 0 spiro atoms. The van der Waals surface area contributed by atoms with Gasteiger partial charge in [-0.2, -0.15) is 0 Å². The molecule has 0 bridgehead atoms. The molecule has 0 saturated carbocycles. The van der Waals surface area contributed by atoms with E-state index in [0.29, 0.717) is 11.4 Å². The van der Waals surface area contributed by atoms with Crippen molar-refractivity contribution in [2.24, 2.45) is 0 Å². The molecule has 0 fully saturated rings.